The van der Waals surface area contributed by atoms with Crippen LogP contribution in [0.4, 0.5) is 0 Å². The van der Waals surface area contributed by atoms with Crippen molar-refractivity contribution in [2.75, 3.05) is 27.7 Å². The minimum Gasteiger partial charge on any atom is -0.493 e. The lowest BCUT2D eigenvalue weighted by molar-refractivity contribution is -0.923. The van der Waals surface area contributed by atoms with Crippen LogP contribution in [0.25, 0.3) is 0 Å². The Bertz CT molecular complexity index is 1370. The van der Waals surface area contributed by atoms with Gasteiger partial charge in [-0.25, -0.2) is 0 Å². The normalized spacial score (nSPS) is 16.1. The fourth-order valence-electron chi connectivity index (χ4n) is 5.09. The van der Waals surface area contributed by atoms with Gasteiger partial charge in [0.25, 0.3) is 0 Å². The first-order chi connectivity index (χ1) is 17.8. The summed E-state index contributed by atoms with van der Waals surface area (Å²) in [6.45, 7) is 5.26. The number of fused-ring (bicyclic) bond motifs is 1. The van der Waals surface area contributed by atoms with Gasteiger partial charge in [-0.1, -0.05) is 47.5 Å². The third-order valence-corrected chi connectivity index (χ3v) is 7.44. The maximum Gasteiger partial charge on any atom is 0.169 e. The molecule has 1 unspecified atom stereocenters. The summed E-state index contributed by atoms with van der Waals surface area (Å²) in [5.74, 6) is 4.02. The second-order valence-electron chi connectivity index (χ2n) is 10.6. The maximum atomic E-state index is 6.24. The van der Waals surface area contributed by atoms with Gasteiger partial charge in [-0.3, -0.25) is 0 Å². The summed E-state index contributed by atoms with van der Waals surface area (Å²) in [7, 11) is 6.35. The summed E-state index contributed by atoms with van der Waals surface area (Å²) in [6.07, 6.45) is 1.96. The van der Waals surface area contributed by atoms with Crippen LogP contribution in [0.1, 0.15) is 33.9 Å². The fourth-order valence-corrected chi connectivity index (χ4v) is 5.09. The monoisotopic (exact) mass is 494 g/mol. The highest BCUT2D eigenvalue weighted by Gasteiger charge is 2.36. The first-order valence-electron chi connectivity index (χ1n) is 12.9. The molecule has 0 aliphatic carbocycles. The summed E-state index contributed by atoms with van der Waals surface area (Å²) in [5.41, 5.74) is 6.42. The van der Waals surface area contributed by atoms with Gasteiger partial charge in [0.2, 0.25) is 0 Å². The van der Waals surface area contributed by atoms with Crippen LogP contribution < -0.4 is 14.2 Å². The number of methoxy groups -OCH3 is 1. The molecule has 1 atom stereocenters. The molecule has 4 aromatic carbocycles. The van der Waals surface area contributed by atoms with Gasteiger partial charge in [-0.15, -0.1) is 0 Å². The van der Waals surface area contributed by atoms with Gasteiger partial charge in [0.05, 0.1) is 27.7 Å². The summed E-state index contributed by atoms with van der Waals surface area (Å²) in [4.78, 5) is 0. The molecule has 4 nitrogen and oxygen atoms in total. The Balaban J connectivity index is 1.41. The molecule has 0 saturated heterocycles. The van der Waals surface area contributed by atoms with Gasteiger partial charge in [0.15, 0.2) is 11.5 Å². The summed E-state index contributed by atoms with van der Waals surface area (Å²) < 4.78 is 19.0. The molecule has 1 heterocycles. The van der Waals surface area contributed by atoms with E-state index in [1.54, 1.807) is 7.11 Å². The number of quaternary nitrogens is 1. The second-order valence-corrected chi connectivity index (χ2v) is 10.6. The second kappa shape index (κ2) is 10.3. The zero-order chi connectivity index (χ0) is 26.0. The van der Waals surface area contributed by atoms with E-state index >= 15 is 0 Å². The summed E-state index contributed by atoms with van der Waals surface area (Å²) in [5, 5.41) is 0. The van der Waals surface area contributed by atoms with Crippen LogP contribution in [0.3, 0.4) is 0 Å². The highest BCUT2D eigenvalue weighted by atomic mass is 16.5. The molecule has 0 fully saturated rings. The van der Waals surface area contributed by atoms with Crippen molar-refractivity contribution in [2.45, 2.75) is 32.7 Å². The van der Waals surface area contributed by atoms with Crippen LogP contribution in [0.5, 0.6) is 28.7 Å². The predicted molar refractivity (Wildman–Crippen MR) is 149 cm³/mol. The zero-order valence-corrected chi connectivity index (χ0v) is 22.5. The smallest absolute Gasteiger partial charge is 0.169 e. The predicted octanol–water partition coefficient (Wildman–Crippen LogP) is 7.81. The number of benzene rings is 4. The molecule has 5 rings (SSSR count). The van der Waals surface area contributed by atoms with Crippen molar-refractivity contribution >= 4 is 0 Å². The van der Waals surface area contributed by atoms with Gasteiger partial charge in [0.1, 0.15) is 23.3 Å². The zero-order valence-electron chi connectivity index (χ0n) is 22.5. The molecule has 190 valence electrons. The Hall–Kier alpha value is -3.76. The SMILES string of the molecule is COc1cc(CC2c3cc(Oc4ccc(C)cc4)ccc3CC[N+]2(C)C)ccc1Oc1ccc(C)cc1. The standard InChI is InChI=1S/C33H36NO3/c1-23-6-12-27(13-7-23)36-29-16-11-26-18-19-34(3,4)31(30(26)22-29)20-25-10-17-32(33(21-25)35-5)37-28-14-8-24(2)9-15-28/h6-17,21-22,31H,18-20H2,1-5H3/q+1. The van der Waals surface area contributed by atoms with E-state index in [2.05, 4.69) is 70.4 Å². The number of likely N-dealkylation sites (N-methyl/N-ethyl adjacent to an activating group) is 1. The van der Waals surface area contributed by atoms with E-state index in [1.807, 2.05) is 42.5 Å². The largest absolute Gasteiger partial charge is 0.493 e. The number of hydrogen-bond acceptors (Lipinski definition) is 3. The number of aryl methyl sites for hydroxylation is 2. The lowest BCUT2D eigenvalue weighted by Gasteiger charge is -2.43. The van der Waals surface area contributed by atoms with E-state index < -0.39 is 0 Å². The molecule has 0 N–H and O–H groups in total. The van der Waals surface area contributed by atoms with Gasteiger partial charge < -0.3 is 18.7 Å². The van der Waals surface area contributed by atoms with Gasteiger partial charge in [-0.2, -0.15) is 0 Å². The molecule has 4 heteroatoms. The molecule has 0 bridgehead atoms. The Morgan fingerprint density at radius 3 is 1.97 bits per heavy atom. The minimum absolute atomic E-state index is 0.305. The highest BCUT2D eigenvalue weighted by Crippen LogP contribution is 2.40. The Morgan fingerprint density at radius 2 is 1.32 bits per heavy atom. The summed E-state index contributed by atoms with van der Waals surface area (Å²) in [6, 6.07) is 29.5. The molecule has 1 aliphatic heterocycles. The molecule has 4 aromatic rings. The van der Waals surface area contributed by atoms with Crippen molar-refractivity contribution in [1.29, 1.82) is 0 Å². The first kappa shape index (κ1) is 24.9. The molecular weight excluding hydrogens is 458 g/mol. The van der Waals surface area contributed by atoms with Crippen LogP contribution in [0, 0.1) is 13.8 Å². The fraction of sp³-hybridized carbons (Fsp3) is 0.273. The van der Waals surface area contributed by atoms with Crippen LogP contribution in [-0.4, -0.2) is 32.2 Å². The van der Waals surface area contributed by atoms with Crippen LogP contribution in [0.15, 0.2) is 84.9 Å². The van der Waals surface area contributed by atoms with Crippen molar-refractivity contribution in [3.63, 3.8) is 0 Å². The molecule has 0 aromatic heterocycles. The average molecular weight is 495 g/mol. The van der Waals surface area contributed by atoms with E-state index in [0.29, 0.717) is 6.04 Å². The van der Waals surface area contributed by atoms with Crippen molar-refractivity contribution in [3.8, 4) is 28.7 Å². The van der Waals surface area contributed by atoms with Crippen LogP contribution in [0.2, 0.25) is 0 Å². The van der Waals surface area contributed by atoms with E-state index in [0.717, 1.165) is 52.6 Å². The molecule has 0 saturated carbocycles. The number of nitrogens with zero attached hydrogens (tertiary/aromatic N) is 1. The van der Waals surface area contributed by atoms with Crippen molar-refractivity contribution in [2.24, 2.45) is 0 Å². The van der Waals surface area contributed by atoms with E-state index in [1.165, 1.54) is 27.8 Å². The lowest BCUT2D eigenvalue weighted by atomic mass is 9.87. The molecule has 37 heavy (non-hydrogen) atoms. The Labute approximate surface area is 220 Å². The topological polar surface area (TPSA) is 27.7 Å². The molecule has 0 radical (unpaired) electrons. The van der Waals surface area contributed by atoms with Crippen molar-refractivity contribution in [1.82, 2.24) is 0 Å². The molecule has 0 amide bonds. The Kier molecular flexibility index (Phi) is 6.94. The van der Waals surface area contributed by atoms with Crippen molar-refractivity contribution < 1.29 is 18.7 Å². The van der Waals surface area contributed by atoms with E-state index in [-0.39, 0.29) is 0 Å². The van der Waals surface area contributed by atoms with E-state index in [4.69, 9.17) is 14.2 Å². The molecular formula is C33H36NO3+. The van der Waals surface area contributed by atoms with Gasteiger partial charge in [-0.05, 0) is 73.5 Å². The summed E-state index contributed by atoms with van der Waals surface area (Å²) >= 11 is 0. The van der Waals surface area contributed by atoms with Crippen LogP contribution >= 0.6 is 0 Å². The maximum absolute atomic E-state index is 6.24. The number of ether oxygens (including phenoxy) is 3. The van der Waals surface area contributed by atoms with E-state index in [9.17, 15) is 0 Å². The molecule has 1 aliphatic rings. The average Bonchev–Trinajstić information content (AvgIpc) is 2.89. The molecule has 0 spiro atoms. The quantitative estimate of drug-likeness (QED) is 0.245. The van der Waals surface area contributed by atoms with Gasteiger partial charge >= 0.3 is 0 Å². The third-order valence-electron chi connectivity index (χ3n) is 7.44. The lowest BCUT2D eigenvalue weighted by Crippen LogP contribution is -2.48. The third kappa shape index (κ3) is 5.65. The highest BCUT2D eigenvalue weighted by molar-refractivity contribution is 5.47. The van der Waals surface area contributed by atoms with Gasteiger partial charge in [0, 0.05) is 18.4 Å². The van der Waals surface area contributed by atoms with Crippen molar-refractivity contribution in [3.05, 3.63) is 113 Å². The number of hydrogen-bond donors (Lipinski definition) is 0. The van der Waals surface area contributed by atoms with Crippen LogP contribution in [-0.2, 0) is 12.8 Å². The first-order valence-corrected chi connectivity index (χ1v) is 12.9. The number of rotatable bonds is 7. The minimum atomic E-state index is 0.305. The Morgan fingerprint density at radius 1 is 0.703 bits per heavy atom.